The van der Waals surface area contributed by atoms with E-state index in [1.165, 1.54) is 30.3 Å². The second-order valence-corrected chi connectivity index (χ2v) is 11.4. The summed E-state index contributed by atoms with van der Waals surface area (Å²) in [6, 6.07) is 17.2. The maximum Gasteiger partial charge on any atom is 0.267 e. The van der Waals surface area contributed by atoms with Gasteiger partial charge in [-0.05, 0) is 90.4 Å². The van der Waals surface area contributed by atoms with Crippen LogP contribution in [0.4, 0.5) is 0 Å². The Morgan fingerprint density at radius 2 is 1.92 bits per heavy atom. The van der Waals surface area contributed by atoms with Crippen LogP contribution in [0.2, 0.25) is 0 Å². The Morgan fingerprint density at radius 3 is 2.68 bits per heavy atom. The SMILES string of the molecule is Cc1ccc2c(CCN(C3CCc4cc(C=CC(=O)NO)ccc43)S(=O)(=O)c3ccc(O)cc3)c[nH]c2c1. The number of benzene rings is 3. The van der Waals surface area contributed by atoms with Crippen LogP contribution in [0.25, 0.3) is 17.0 Å². The summed E-state index contributed by atoms with van der Waals surface area (Å²) in [5.41, 5.74) is 7.53. The molecule has 38 heavy (non-hydrogen) atoms. The molecule has 196 valence electrons. The third kappa shape index (κ3) is 5.08. The summed E-state index contributed by atoms with van der Waals surface area (Å²) in [5.74, 6) is -0.617. The number of amides is 1. The highest BCUT2D eigenvalue weighted by molar-refractivity contribution is 7.89. The molecule has 0 radical (unpaired) electrons. The summed E-state index contributed by atoms with van der Waals surface area (Å²) in [5, 5.41) is 19.5. The number of phenolic OH excluding ortho intramolecular Hbond substituents is 1. The molecule has 4 N–H and O–H groups in total. The van der Waals surface area contributed by atoms with Crippen molar-refractivity contribution in [2.45, 2.75) is 37.1 Å². The molecule has 1 atom stereocenters. The molecule has 0 bridgehead atoms. The van der Waals surface area contributed by atoms with Crippen LogP contribution in [0.1, 0.15) is 40.3 Å². The minimum Gasteiger partial charge on any atom is -0.508 e. The van der Waals surface area contributed by atoms with Gasteiger partial charge in [0, 0.05) is 29.7 Å². The summed E-state index contributed by atoms with van der Waals surface area (Å²) in [6.07, 6.45) is 6.63. The fraction of sp³-hybridized carbons (Fsp3) is 0.207. The molecule has 0 aliphatic heterocycles. The second kappa shape index (κ2) is 10.4. The minimum atomic E-state index is -3.87. The molecule has 9 heteroatoms. The Labute approximate surface area is 221 Å². The predicted octanol–water partition coefficient (Wildman–Crippen LogP) is 4.62. The monoisotopic (exact) mass is 531 g/mol. The normalized spacial score (nSPS) is 15.4. The zero-order valence-corrected chi connectivity index (χ0v) is 21.7. The molecule has 3 aromatic carbocycles. The Morgan fingerprint density at radius 1 is 1.13 bits per heavy atom. The summed E-state index contributed by atoms with van der Waals surface area (Å²) >= 11 is 0. The van der Waals surface area contributed by atoms with Crippen LogP contribution in [-0.2, 0) is 27.7 Å². The Bertz CT molecular complexity index is 1620. The zero-order valence-electron chi connectivity index (χ0n) is 20.9. The number of carbonyl (C=O) groups excluding carboxylic acids is 1. The number of hydrogen-bond donors (Lipinski definition) is 4. The van der Waals surface area contributed by atoms with Gasteiger partial charge in [-0.15, -0.1) is 0 Å². The third-order valence-electron chi connectivity index (χ3n) is 7.07. The summed E-state index contributed by atoms with van der Waals surface area (Å²) in [4.78, 5) is 14.8. The van der Waals surface area contributed by atoms with E-state index >= 15 is 0 Å². The molecule has 1 amide bonds. The van der Waals surface area contributed by atoms with E-state index in [4.69, 9.17) is 5.21 Å². The molecular weight excluding hydrogens is 502 g/mol. The van der Waals surface area contributed by atoms with Crippen molar-refractivity contribution in [1.82, 2.24) is 14.8 Å². The first-order valence-corrected chi connectivity index (χ1v) is 13.8. The van der Waals surface area contributed by atoms with Crippen molar-refractivity contribution in [3.63, 3.8) is 0 Å². The van der Waals surface area contributed by atoms with E-state index in [1.807, 2.05) is 37.4 Å². The zero-order chi connectivity index (χ0) is 26.9. The van der Waals surface area contributed by atoms with Crippen LogP contribution in [0.3, 0.4) is 0 Å². The standard InChI is InChI=1S/C29H29N3O5S/c1-19-2-10-25-22(18-30-27(25)16-19)14-15-32(38(36,37)24-8-6-23(33)7-9-24)28-12-5-21-17-20(3-11-26(21)28)4-13-29(34)31-35/h2-4,6-11,13,16-18,28,30,33,35H,5,12,14-15H2,1H3,(H,31,34). The number of aromatic nitrogens is 1. The van der Waals surface area contributed by atoms with Crippen LogP contribution in [0, 0.1) is 6.92 Å². The fourth-order valence-electron chi connectivity index (χ4n) is 5.16. The van der Waals surface area contributed by atoms with Crippen LogP contribution in [-0.4, -0.2) is 40.5 Å². The third-order valence-corrected chi connectivity index (χ3v) is 8.99. The van der Waals surface area contributed by atoms with Crippen molar-refractivity contribution in [2.24, 2.45) is 0 Å². The lowest BCUT2D eigenvalue weighted by molar-refractivity contribution is -0.124. The molecule has 1 aliphatic carbocycles. The smallest absolute Gasteiger partial charge is 0.267 e. The van der Waals surface area contributed by atoms with Gasteiger partial charge in [0.15, 0.2) is 0 Å². The van der Waals surface area contributed by atoms with E-state index in [1.54, 1.807) is 15.9 Å². The molecule has 1 aromatic heterocycles. The highest BCUT2D eigenvalue weighted by atomic mass is 32.2. The number of carbonyl (C=O) groups is 1. The van der Waals surface area contributed by atoms with Crippen molar-refractivity contribution in [3.8, 4) is 5.75 Å². The van der Waals surface area contributed by atoms with Gasteiger partial charge in [0.25, 0.3) is 5.91 Å². The van der Waals surface area contributed by atoms with E-state index in [2.05, 4.69) is 17.1 Å². The van der Waals surface area contributed by atoms with Gasteiger partial charge in [-0.2, -0.15) is 4.31 Å². The molecule has 1 aliphatic rings. The Balaban J connectivity index is 1.49. The average molecular weight is 532 g/mol. The van der Waals surface area contributed by atoms with Gasteiger partial charge in [-0.1, -0.05) is 30.3 Å². The van der Waals surface area contributed by atoms with Gasteiger partial charge >= 0.3 is 0 Å². The van der Waals surface area contributed by atoms with E-state index in [0.29, 0.717) is 19.3 Å². The molecule has 0 spiro atoms. The van der Waals surface area contributed by atoms with Crippen molar-refractivity contribution in [3.05, 3.63) is 101 Å². The quantitative estimate of drug-likeness (QED) is 0.150. The second-order valence-electron chi connectivity index (χ2n) is 9.54. The predicted molar refractivity (Wildman–Crippen MR) is 145 cm³/mol. The van der Waals surface area contributed by atoms with Crippen molar-refractivity contribution in [1.29, 1.82) is 0 Å². The molecule has 0 saturated carbocycles. The minimum absolute atomic E-state index is 0.00580. The molecule has 1 heterocycles. The highest BCUT2D eigenvalue weighted by Gasteiger charge is 2.36. The lowest BCUT2D eigenvalue weighted by Crippen LogP contribution is -2.35. The molecule has 4 aromatic rings. The lowest BCUT2D eigenvalue weighted by Gasteiger charge is -2.29. The summed E-state index contributed by atoms with van der Waals surface area (Å²) < 4.78 is 29.5. The van der Waals surface area contributed by atoms with Gasteiger partial charge in [-0.3, -0.25) is 10.0 Å². The number of phenols is 1. The van der Waals surface area contributed by atoms with Crippen LogP contribution >= 0.6 is 0 Å². The maximum absolute atomic E-state index is 13.9. The number of aryl methyl sites for hydroxylation is 2. The number of hydrogen-bond acceptors (Lipinski definition) is 5. The van der Waals surface area contributed by atoms with Gasteiger partial charge in [0.1, 0.15) is 5.75 Å². The molecule has 0 saturated heterocycles. The average Bonchev–Trinajstić information content (AvgIpc) is 3.51. The Kier molecular flexibility index (Phi) is 7.07. The van der Waals surface area contributed by atoms with Gasteiger partial charge in [0.05, 0.1) is 10.9 Å². The summed E-state index contributed by atoms with van der Waals surface area (Å²) in [6.45, 7) is 2.32. The number of sulfonamides is 1. The number of fused-ring (bicyclic) bond motifs is 2. The molecule has 8 nitrogen and oxygen atoms in total. The van der Waals surface area contributed by atoms with Crippen LogP contribution in [0.5, 0.6) is 5.75 Å². The fourth-order valence-corrected chi connectivity index (χ4v) is 6.80. The Hall–Kier alpha value is -3.92. The van der Waals surface area contributed by atoms with Crippen molar-refractivity contribution in [2.75, 3.05) is 6.54 Å². The van der Waals surface area contributed by atoms with Crippen LogP contribution in [0.15, 0.2) is 77.8 Å². The number of rotatable bonds is 8. The molecular formula is C29H29N3O5S. The number of H-pyrrole nitrogens is 1. The first kappa shape index (κ1) is 25.7. The molecule has 0 fully saturated rings. The first-order chi connectivity index (χ1) is 18.3. The summed E-state index contributed by atoms with van der Waals surface area (Å²) in [7, 11) is -3.87. The first-order valence-electron chi connectivity index (χ1n) is 12.4. The lowest BCUT2D eigenvalue weighted by atomic mass is 10.0. The molecule has 1 unspecified atom stereocenters. The number of nitrogens with one attached hydrogen (secondary N) is 2. The van der Waals surface area contributed by atoms with Gasteiger partial charge in [0.2, 0.25) is 10.0 Å². The highest BCUT2D eigenvalue weighted by Crippen LogP contribution is 2.39. The van der Waals surface area contributed by atoms with E-state index in [-0.39, 0.29) is 23.2 Å². The topological polar surface area (TPSA) is 123 Å². The van der Waals surface area contributed by atoms with E-state index in [9.17, 15) is 18.3 Å². The number of aromatic hydroxyl groups is 1. The molecule has 5 rings (SSSR count). The van der Waals surface area contributed by atoms with E-state index in [0.717, 1.165) is 38.7 Å². The van der Waals surface area contributed by atoms with Crippen molar-refractivity contribution < 1.29 is 23.5 Å². The van der Waals surface area contributed by atoms with E-state index < -0.39 is 15.9 Å². The maximum atomic E-state index is 13.9. The number of hydroxylamine groups is 1. The van der Waals surface area contributed by atoms with Gasteiger partial charge < -0.3 is 10.1 Å². The number of nitrogens with zero attached hydrogens (tertiary/aromatic N) is 1. The largest absolute Gasteiger partial charge is 0.508 e. The van der Waals surface area contributed by atoms with Crippen molar-refractivity contribution >= 4 is 32.9 Å². The number of aromatic amines is 1. The van der Waals surface area contributed by atoms with Crippen LogP contribution < -0.4 is 5.48 Å². The van der Waals surface area contributed by atoms with Gasteiger partial charge in [-0.25, -0.2) is 13.9 Å².